The highest BCUT2D eigenvalue weighted by Gasteiger charge is 2.24. The summed E-state index contributed by atoms with van der Waals surface area (Å²) in [6.07, 6.45) is 5.64. The van der Waals surface area contributed by atoms with Gasteiger partial charge in [0.05, 0.1) is 7.11 Å². The Morgan fingerprint density at radius 1 is 1.04 bits per heavy atom. The average molecular weight is 328 g/mol. The molecule has 0 bridgehead atoms. The van der Waals surface area contributed by atoms with E-state index in [0.29, 0.717) is 5.92 Å². The van der Waals surface area contributed by atoms with Gasteiger partial charge in [-0.1, -0.05) is 55.5 Å². The van der Waals surface area contributed by atoms with Crippen molar-refractivity contribution in [3.8, 4) is 16.9 Å². The fourth-order valence-electron chi connectivity index (χ4n) is 4.22. The van der Waals surface area contributed by atoms with Crippen LogP contribution in [0.4, 0.5) is 0 Å². The molecular weight excluding hydrogens is 304 g/mol. The second kappa shape index (κ2) is 6.07. The van der Waals surface area contributed by atoms with E-state index in [1.54, 1.807) is 7.11 Å². The summed E-state index contributed by atoms with van der Waals surface area (Å²) >= 11 is 0. The predicted octanol–water partition coefficient (Wildman–Crippen LogP) is 6.65. The Hall–Kier alpha value is -2.54. The van der Waals surface area contributed by atoms with Gasteiger partial charge < -0.3 is 4.74 Å². The van der Waals surface area contributed by atoms with E-state index in [2.05, 4.69) is 75.4 Å². The Balaban J connectivity index is 2.17. The summed E-state index contributed by atoms with van der Waals surface area (Å²) < 4.78 is 5.91. The molecular formula is C24H24O. The molecule has 0 amide bonds. The van der Waals surface area contributed by atoms with Crippen LogP contribution in [0.1, 0.15) is 41.5 Å². The second-order valence-corrected chi connectivity index (χ2v) is 7.18. The number of aryl methyl sites for hydroxylation is 2. The Morgan fingerprint density at radius 2 is 1.84 bits per heavy atom. The van der Waals surface area contributed by atoms with Gasteiger partial charge in [0.25, 0.3) is 0 Å². The van der Waals surface area contributed by atoms with Crippen LogP contribution in [0.3, 0.4) is 0 Å². The van der Waals surface area contributed by atoms with Gasteiger partial charge in [0.2, 0.25) is 0 Å². The molecule has 0 heterocycles. The lowest BCUT2D eigenvalue weighted by Crippen LogP contribution is -2.06. The summed E-state index contributed by atoms with van der Waals surface area (Å²) in [5.41, 5.74) is 7.78. The fourth-order valence-corrected chi connectivity index (χ4v) is 4.22. The maximum atomic E-state index is 5.91. The van der Waals surface area contributed by atoms with Crippen LogP contribution in [0.2, 0.25) is 0 Å². The molecule has 3 aromatic rings. The van der Waals surface area contributed by atoms with E-state index in [4.69, 9.17) is 4.74 Å². The zero-order chi connectivity index (χ0) is 17.6. The topological polar surface area (TPSA) is 9.23 Å². The second-order valence-electron chi connectivity index (χ2n) is 7.18. The van der Waals surface area contributed by atoms with Crippen molar-refractivity contribution in [2.24, 2.45) is 0 Å². The van der Waals surface area contributed by atoms with Crippen LogP contribution in [-0.2, 0) is 0 Å². The summed E-state index contributed by atoms with van der Waals surface area (Å²) in [4.78, 5) is 0. The van der Waals surface area contributed by atoms with Crippen molar-refractivity contribution < 1.29 is 4.74 Å². The lowest BCUT2D eigenvalue weighted by molar-refractivity contribution is 0.412. The molecule has 1 heteroatoms. The minimum absolute atomic E-state index is 0.490. The standard InChI is InChI=1S/C24H24O/c1-15-12-18-9-5-6-11-20(18)21(13-15)23-22-16(2)8-7-10-19(22)14-17(3)24(23)25-4/h5-7,9-14,16H,8H2,1-4H3. The van der Waals surface area contributed by atoms with E-state index < -0.39 is 0 Å². The number of fused-ring (bicyclic) bond motifs is 2. The number of methoxy groups -OCH3 is 1. The fraction of sp³-hybridized carbons (Fsp3) is 0.250. The number of allylic oxidation sites excluding steroid dienone is 1. The van der Waals surface area contributed by atoms with Crippen molar-refractivity contribution in [2.75, 3.05) is 7.11 Å². The van der Waals surface area contributed by atoms with E-state index in [0.717, 1.165) is 12.2 Å². The van der Waals surface area contributed by atoms with Gasteiger partial charge in [-0.05, 0) is 70.8 Å². The van der Waals surface area contributed by atoms with Crippen molar-refractivity contribution in [3.05, 3.63) is 70.8 Å². The first-order chi connectivity index (χ1) is 12.1. The third-order valence-corrected chi connectivity index (χ3v) is 5.30. The first kappa shape index (κ1) is 16.0. The summed E-state index contributed by atoms with van der Waals surface area (Å²) in [6.45, 7) is 6.64. The van der Waals surface area contributed by atoms with Gasteiger partial charge in [-0.25, -0.2) is 0 Å². The SMILES string of the molecule is COc1c(C)cc2c(c1-c1cc(C)cc3ccccc13)C(C)CC=C2. The maximum Gasteiger partial charge on any atom is 0.129 e. The Bertz CT molecular complexity index is 995. The molecule has 0 radical (unpaired) electrons. The molecule has 1 atom stereocenters. The molecule has 1 nitrogen and oxygen atoms in total. The first-order valence-electron chi connectivity index (χ1n) is 8.98. The molecule has 25 heavy (non-hydrogen) atoms. The molecule has 0 saturated heterocycles. The molecule has 0 spiro atoms. The van der Waals surface area contributed by atoms with Crippen molar-refractivity contribution in [2.45, 2.75) is 33.1 Å². The van der Waals surface area contributed by atoms with E-state index in [-0.39, 0.29) is 0 Å². The van der Waals surface area contributed by atoms with Gasteiger partial charge in [0, 0.05) is 5.56 Å². The van der Waals surface area contributed by atoms with Crippen LogP contribution in [0.25, 0.3) is 28.0 Å². The number of hydrogen-bond donors (Lipinski definition) is 0. The van der Waals surface area contributed by atoms with E-state index >= 15 is 0 Å². The van der Waals surface area contributed by atoms with Gasteiger partial charge in [-0.3, -0.25) is 0 Å². The number of ether oxygens (including phenoxy) is 1. The van der Waals surface area contributed by atoms with Gasteiger partial charge in [-0.15, -0.1) is 0 Å². The average Bonchev–Trinajstić information content (AvgIpc) is 2.60. The lowest BCUT2D eigenvalue weighted by atomic mass is 9.80. The van der Waals surface area contributed by atoms with Gasteiger partial charge in [0.15, 0.2) is 0 Å². The first-order valence-corrected chi connectivity index (χ1v) is 8.98. The van der Waals surface area contributed by atoms with Crippen molar-refractivity contribution in [3.63, 3.8) is 0 Å². The number of rotatable bonds is 2. The number of hydrogen-bond acceptors (Lipinski definition) is 1. The van der Waals surface area contributed by atoms with Gasteiger partial charge in [0.1, 0.15) is 5.75 Å². The maximum absolute atomic E-state index is 5.91. The molecule has 0 saturated carbocycles. The molecule has 0 aromatic heterocycles. The molecule has 0 fully saturated rings. The highest BCUT2D eigenvalue weighted by molar-refractivity contribution is 6.00. The third-order valence-electron chi connectivity index (χ3n) is 5.30. The van der Waals surface area contributed by atoms with Crippen molar-refractivity contribution >= 4 is 16.8 Å². The van der Waals surface area contributed by atoms with Crippen LogP contribution in [-0.4, -0.2) is 7.11 Å². The summed E-state index contributed by atoms with van der Waals surface area (Å²) in [6, 6.07) is 15.5. The minimum atomic E-state index is 0.490. The highest BCUT2D eigenvalue weighted by Crippen LogP contribution is 2.46. The number of benzene rings is 3. The molecule has 0 N–H and O–H groups in total. The Kier molecular flexibility index (Phi) is 3.88. The van der Waals surface area contributed by atoms with Crippen LogP contribution in [0.5, 0.6) is 5.75 Å². The molecule has 4 rings (SSSR count). The van der Waals surface area contributed by atoms with Gasteiger partial charge in [-0.2, -0.15) is 0 Å². The highest BCUT2D eigenvalue weighted by atomic mass is 16.5. The smallest absolute Gasteiger partial charge is 0.129 e. The largest absolute Gasteiger partial charge is 0.496 e. The Morgan fingerprint density at radius 3 is 2.64 bits per heavy atom. The molecule has 1 aliphatic carbocycles. The predicted molar refractivity (Wildman–Crippen MR) is 107 cm³/mol. The molecule has 1 aliphatic rings. The van der Waals surface area contributed by atoms with Crippen molar-refractivity contribution in [1.82, 2.24) is 0 Å². The minimum Gasteiger partial charge on any atom is -0.496 e. The van der Waals surface area contributed by atoms with Crippen LogP contribution < -0.4 is 4.74 Å². The third kappa shape index (κ3) is 2.55. The van der Waals surface area contributed by atoms with E-state index in [1.807, 2.05) is 0 Å². The van der Waals surface area contributed by atoms with Crippen molar-refractivity contribution in [1.29, 1.82) is 0 Å². The van der Waals surface area contributed by atoms with Gasteiger partial charge >= 0.3 is 0 Å². The van der Waals surface area contributed by atoms with Crippen LogP contribution in [0, 0.1) is 13.8 Å². The van der Waals surface area contributed by atoms with E-state index in [9.17, 15) is 0 Å². The molecule has 0 aliphatic heterocycles. The zero-order valence-electron chi connectivity index (χ0n) is 15.4. The zero-order valence-corrected chi connectivity index (χ0v) is 15.4. The summed E-state index contributed by atoms with van der Waals surface area (Å²) in [5.74, 6) is 1.50. The normalized spacial score (nSPS) is 16.1. The van der Waals surface area contributed by atoms with Crippen LogP contribution >= 0.6 is 0 Å². The lowest BCUT2D eigenvalue weighted by Gasteiger charge is -2.26. The van der Waals surface area contributed by atoms with Crippen LogP contribution in [0.15, 0.2) is 48.5 Å². The molecule has 126 valence electrons. The Labute approximate surface area is 150 Å². The quantitative estimate of drug-likeness (QED) is 0.511. The molecule has 3 aromatic carbocycles. The monoisotopic (exact) mass is 328 g/mol. The molecule has 1 unspecified atom stereocenters. The summed E-state index contributed by atoms with van der Waals surface area (Å²) in [5, 5.41) is 2.58. The van der Waals surface area contributed by atoms with E-state index in [1.165, 1.54) is 44.2 Å². The summed E-state index contributed by atoms with van der Waals surface area (Å²) in [7, 11) is 1.79.